The predicted molar refractivity (Wildman–Crippen MR) is 71.5 cm³/mol. The number of pyridine rings is 1. The van der Waals surface area contributed by atoms with E-state index in [1.165, 1.54) is 19.4 Å². The maximum Gasteiger partial charge on any atom is 0.252 e. The second-order valence-electron chi connectivity index (χ2n) is 4.92. The minimum Gasteiger partial charge on any atom is -0.369 e. The Labute approximate surface area is 107 Å². The van der Waals surface area contributed by atoms with Gasteiger partial charge in [-0.25, -0.2) is 4.98 Å². The number of carbonyl (C=O) groups is 1. The first-order chi connectivity index (χ1) is 8.66. The average Bonchev–Trinajstić information content (AvgIpc) is 2.37. The van der Waals surface area contributed by atoms with Gasteiger partial charge in [0.2, 0.25) is 0 Å². The summed E-state index contributed by atoms with van der Waals surface area (Å²) in [7, 11) is 2.14. The van der Waals surface area contributed by atoms with Gasteiger partial charge < -0.3 is 16.0 Å². The number of rotatable bonds is 4. The third-order valence-electron chi connectivity index (χ3n) is 3.35. The summed E-state index contributed by atoms with van der Waals surface area (Å²) in [5, 5.41) is 3.25. The van der Waals surface area contributed by atoms with Crippen LogP contribution in [0.4, 0.5) is 5.82 Å². The van der Waals surface area contributed by atoms with Crippen LogP contribution in [0, 0.1) is 5.92 Å². The largest absolute Gasteiger partial charge is 0.369 e. The number of nitrogens with two attached hydrogens (primary N) is 1. The van der Waals surface area contributed by atoms with Gasteiger partial charge in [-0.2, -0.15) is 0 Å². The van der Waals surface area contributed by atoms with Gasteiger partial charge in [0.25, 0.3) is 5.91 Å². The van der Waals surface area contributed by atoms with E-state index in [1.54, 1.807) is 18.3 Å². The number of amides is 1. The number of piperidine rings is 1. The molecule has 18 heavy (non-hydrogen) atoms. The number of likely N-dealkylation sites (tertiary alicyclic amines) is 1. The van der Waals surface area contributed by atoms with Crippen LogP contribution in [0.2, 0.25) is 0 Å². The van der Waals surface area contributed by atoms with Crippen molar-refractivity contribution in [2.75, 3.05) is 32.0 Å². The molecule has 0 bridgehead atoms. The average molecular weight is 248 g/mol. The topological polar surface area (TPSA) is 71.2 Å². The number of hydrogen-bond acceptors (Lipinski definition) is 4. The first-order valence-corrected chi connectivity index (χ1v) is 6.34. The summed E-state index contributed by atoms with van der Waals surface area (Å²) in [5.74, 6) is 0.760. The SMILES string of the molecule is CN1CCCC(CNc2ncccc2C(N)=O)C1. The molecule has 1 atom stereocenters. The van der Waals surface area contributed by atoms with Crippen molar-refractivity contribution in [1.29, 1.82) is 0 Å². The Morgan fingerprint density at radius 2 is 2.50 bits per heavy atom. The van der Waals surface area contributed by atoms with Crippen LogP contribution in [-0.4, -0.2) is 42.5 Å². The maximum absolute atomic E-state index is 11.3. The number of nitrogens with one attached hydrogen (secondary N) is 1. The fourth-order valence-electron chi connectivity index (χ4n) is 2.43. The van der Waals surface area contributed by atoms with E-state index in [-0.39, 0.29) is 0 Å². The zero-order chi connectivity index (χ0) is 13.0. The third kappa shape index (κ3) is 3.20. The molecule has 0 saturated carbocycles. The summed E-state index contributed by atoms with van der Waals surface area (Å²) >= 11 is 0. The van der Waals surface area contributed by atoms with Gasteiger partial charge >= 0.3 is 0 Å². The van der Waals surface area contributed by atoms with Crippen LogP contribution in [-0.2, 0) is 0 Å². The summed E-state index contributed by atoms with van der Waals surface area (Å²) in [6.45, 7) is 3.10. The molecule has 1 aromatic heterocycles. The Hall–Kier alpha value is -1.62. The van der Waals surface area contributed by atoms with Gasteiger partial charge in [0, 0.05) is 19.3 Å². The number of carbonyl (C=O) groups excluding carboxylic acids is 1. The molecular formula is C13H20N4O. The summed E-state index contributed by atoms with van der Waals surface area (Å²) in [5.41, 5.74) is 5.78. The van der Waals surface area contributed by atoms with Crippen molar-refractivity contribution in [1.82, 2.24) is 9.88 Å². The van der Waals surface area contributed by atoms with Gasteiger partial charge in [-0.15, -0.1) is 0 Å². The first-order valence-electron chi connectivity index (χ1n) is 6.34. The molecule has 1 fully saturated rings. The molecule has 5 nitrogen and oxygen atoms in total. The highest BCUT2D eigenvalue weighted by molar-refractivity contribution is 5.97. The molecule has 2 heterocycles. The summed E-state index contributed by atoms with van der Waals surface area (Å²) in [6, 6.07) is 3.42. The lowest BCUT2D eigenvalue weighted by molar-refractivity contribution is 0.100. The van der Waals surface area contributed by atoms with Crippen molar-refractivity contribution in [3.8, 4) is 0 Å². The number of hydrogen-bond donors (Lipinski definition) is 2. The van der Waals surface area contributed by atoms with Crippen LogP contribution in [0.3, 0.4) is 0 Å². The highest BCUT2D eigenvalue weighted by atomic mass is 16.1. The standard InChI is InChI=1S/C13H20N4O/c1-17-7-3-4-10(9-17)8-16-13-11(12(14)18)5-2-6-15-13/h2,5-6,10H,3-4,7-9H2,1H3,(H2,14,18)(H,15,16). The molecule has 1 aromatic rings. The number of aromatic nitrogens is 1. The number of anilines is 1. The molecule has 1 saturated heterocycles. The Bertz CT molecular complexity index is 421. The normalized spacial score (nSPS) is 20.6. The monoisotopic (exact) mass is 248 g/mol. The van der Waals surface area contributed by atoms with Gasteiger partial charge in [0.05, 0.1) is 5.56 Å². The molecule has 1 amide bonds. The molecule has 0 spiro atoms. The minimum atomic E-state index is -0.439. The van der Waals surface area contributed by atoms with Gasteiger partial charge in [-0.05, 0) is 44.5 Å². The van der Waals surface area contributed by atoms with Crippen molar-refractivity contribution in [2.24, 2.45) is 11.7 Å². The fraction of sp³-hybridized carbons (Fsp3) is 0.538. The van der Waals surface area contributed by atoms with Crippen LogP contribution < -0.4 is 11.1 Å². The van der Waals surface area contributed by atoms with E-state index in [9.17, 15) is 4.79 Å². The van der Waals surface area contributed by atoms with E-state index >= 15 is 0 Å². The van der Waals surface area contributed by atoms with E-state index in [2.05, 4.69) is 22.2 Å². The summed E-state index contributed by atoms with van der Waals surface area (Å²) in [6.07, 6.45) is 4.12. The Morgan fingerprint density at radius 1 is 1.67 bits per heavy atom. The van der Waals surface area contributed by atoms with Gasteiger partial charge in [0.1, 0.15) is 5.82 Å². The van der Waals surface area contributed by atoms with Crippen molar-refractivity contribution >= 4 is 11.7 Å². The predicted octanol–water partition coefficient (Wildman–Crippen LogP) is 0.934. The van der Waals surface area contributed by atoms with Crippen LogP contribution in [0.5, 0.6) is 0 Å². The second-order valence-corrected chi connectivity index (χ2v) is 4.92. The molecule has 2 rings (SSSR count). The lowest BCUT2D eigenvalue weighted by Gasteiger charge is -2.29. The maximum atomic E-state index is 11.3. The van der Waals surface area contributed by atoms with Crippen molar-refractivity contribution in [2.45, 2.75) is 12.8 Å². The lowest BCUT2D eigenvalue weighted by Crippen LogP contribution is -2.35. The quantitative estimate of drug-likeness (QED) is 0.831. The van der Waals surface area contributed by atoms with Crippen LogP contribution in [0.1, 0.15) is 23.2 Å². The zero-order valence-electron chi connectivity index (χ0n) is 10.7. The van der Waals surface area contributed by atoms with Gasteiger partial charge in [0.15, 0.2) is 0 Å². The van der Waals surface area contributed by atoms with Crippen molar-refractivity contribution in [3.05, 3.63) is 23.9 Å². The molecule has 1 aliphatic heterocycles. The zero-order valence-corrected chi connectivity index (χ0v) is 10.7. The molecule has 3 N–H and O–H groups in total. The lowest BCUT2D eigenvalue weighted by atomic mass is 9.98. The first kappa shape index (κ1) is 12.8. The number of primary amides is 1. The molecule has 1 aliphatic rings. The number of nitrogens with zero attached hydrogens (tertiary/aromatic N) is 2. The molecule has 0 radical (unpaired) electrons. The van der Waals surface area contributed by atoms with Crippen molar-refractivity contribution in [3.63, 3.8) is 0 Å². The Morgan fingerprint density at radius 3 is 3.22 bits per heavy atom. The smallest absolute Gasteiger partial charge is 0.252 e. The van der Waals surface area contributed by atoms with Gasteiger partial charge in [-0.1, -0.05) is 0 Å². The summed E-state index contributed by atoms with van der Waals surface area (Å²) in [4.78, 5) is 17.8. The van der Waals surface area contributed by atoms with E-state index in [1.807, 2.05) is 0 Å². The Balaban J connectivity index is 1.95. The molecule has 0 aliphatic carbocycles. The second kappa shape index (κ2) is 5.82. The third-order valence-corrected chi connectivity index (χ3v) is 3.35. The summed E-state index contributed by atoms with van der Waals surface area (Å²) < 4.78 is 0. The van der Waals surface area contributed by atoms with E-state index < -0.39 is 5.91 Å². The van der Waals surface area contributed by atoms with E-state index in [0.29, 0.717) is 17.3 Å². The van der Waals surface area contributed by atoms with E-state index in [0.717, 1.165) is 13.1 Å². The van der Waals surface area contributed by atoms with Crippen molar-refractivity contribution < 1.29 is 4.79 Å². The molecule has 1 unspecified atom stereocenters. The van der Waals surface area contributed by atoms with Crippen LogP contribution in [0.25, 0.3) is 0 Å². The minimum absolute atomic E-state index is 0.439. The molecule has 98 valence electrons. The van der Waals surface area contributed by atoms with E-state index in [4.69, 9.17) is 5.73 Å². The fourth-order valence-corrected chi connectivity index (χ4v) is 2.43. The van der Waals surface area contributed by atoms with Crippen LogP contribution in [0.15, 0.2) is 18.3 Å². The molecule has 5 heteroatoms. The highest BCUT2D eigenvalue weighted by Crippen LogP contribution is 2.17. The molecular weight excluding hydrogens is 228 g/mol. The van der Waals surface area contributed by atoms with Gasteiger partial charge in [-0.3, -0.25) is 4.79 Å². The highest BCUT2D eigenvalue weighted by Gasteiger charge is 2.17. The van der Waals surface area contributed by atoms with Crippen LogP contribution >= 0.6 is 0 Å². The Kier molecular flexibility index (Phi) is 4.15. The molecule has 0 aromatic carbocycles.